The number of ether oxygens (including phenoxy) is 3. The van der Waals surface area contributed by atoms with Gasteiger partial charge < -0.3 is 18.8 Å². The minimum atomic E-state index is -0.629. The zero-order valence-electron chi connectivity index (χ0n) is 16.6. The summed E-state index contributed by atoms with van der Waals surface area (Å²) in [5, 5.41) is 8.77. The van der Waals surface area contributed by atoms with Crippen molar-refractivity contribution in [2.75, 3.05) is 19.8 Å². The molecule has 7 heteroatoms. The molecule has 0 unspecified atom stereocenters. The third kappa shape index (κ3) is 5.24. The molecule has 0 saturated carbocycles. The molecule has 0 bridgehead atoms. The Morgan fingerprint density at radius 1 is 1.24 bits per heavy atom. The van der Waals surface area contributed by atoms with Crippen molar-refractivity contribution in [1.29, 1.82) is 5.26 Å². The number of carbonyl (C=O) groups excluding carboxylic acids is 2. The van der Waals surface area contributed by atoms with E-state index in [0.717, 1.165) is 37.4 Å². The molecular formula is C22H24N2O5. The normalized spacial score (nSPS) is 15.7. The van der Waals surface area contributed by atoms with E-state index < -0.39 is 5.97 Å². The van der Waals surface area contributed by atoms with Gasteiger partial charge in [-0.05, 0) is 57.0 Å². The molecule has 1 aromatic carbocycles. The van der Waals surface area contributed by atoms with Gasteiger partial charge in [0.25, 0.3) is 0 Å². The molecule has 2 heterocycles. The molecular weight excluding hydrogens is 372 g/mol. The third-order valence-corrected chi connectivity index (χ3v) is 4.99. The highest BCUT2D eigenvalue weighted by atomic mass is 16.6. The van der Waals surface area contributed by atoms with E-state index >= 15 is 0 Å². The van der Waals surface area contributed by atoms with E-state index in [0.29, 0.717) is 16.9 Å². The van der Waals surface area contributed by atoms with E-state index in [9.17, 15) is 9.59 Å². The Labute approximate surface area is 169 Å². The van der Waals surface area contributed by atoms with Gasteiger partial charge in [0.2, 0.25) is 5.78 Å². The smallest absolute Gasteiger partial charge is 0.344 e. The Bertz CT molecular complexity index is 918. The molecule has 2 aromatic rings. The predicted octanol–water partition coefficient (Wildman–Crippen LogP) is 2.96. The van der Waals surface area contributed by atoms with Gasteiger partial charge in [0, 0.05) is 30.1 Å². The van der Waals surface area contributed by atoms with Gasteiger partial charge in [-0.15, -0.1) is 0 Å². The van der Waals surface area contributed by atoms with Crippen LogP contribution in [0.25, 0.3) is 0 Å². The second-order valence-electron chi connectivity index (χ2n) is 7.04. The molecule has 0 radical (unpaired) electrons. The van der Waals surface area contributed by atoms with Crippen molar-refractivity contribution in [3.05, 3.63) is 52.8 Å². The van der Waals surface area contributed by atoms with Crippen molar-refractivity contribution in [2.45, 2.75) is 39.3 Å². The lowest BCUT2D eigenvalue weighted by atomic mass is 10.1. The average molecular weight is 396 g/mol. The number of nitriles is 1. The average Bonchev–Trinajstić information content (AvgIpc) is 3.34. The van der Waals surface area contributed by atoms with E-state index in [1.807, 2.05) is 26.0 Å². The van der Waals surface area contributed by atoms with Crippen LogP contribution in [0.4, 0.5) is 0 Å². The Hall–Kier alpha value is -3.11. The summed E-state index contributed by atoms with van der Waals surface area (Å²) in [4.78, 5) is 24.4. The summed E-state index contributed by atoms with van der Waals surface area (Å²) in [5.41, 5.74) is 2.90. The number of benzene rings is 1. The summed E-state index contributed by atoms with van der Waals surface area (Å²) >= 11 is 0. The molecule has 0 amide bonds. The molecule has 1 fully saturated rings. The van der Waals surface area contributed by atoms with Crippen molar-refractivity contribution < 1.29 is 23.8 Å². The fraction of sp³-hybridized carbons (Fsp3) is 0.409. The molecule has 0 spiro atoms. The summed E-state index contributed by atoms with van der Waals surface area (Å²) in [6.07, 6.45) is 2.27. The number of aromatic nitrogens is 1. The van der Waals surface area contributed by atoms with E-state index in [4.69, 9.17) is 19.5 Å². The summed E-state index contributed by atoms with van der Waals surface area (Å²) in [5.74, 6) is -0.427. The quantitative estimate of drug-likeness (QED) is 0.503. The maximum absolute atomic E-state index is 12.5. The fourth-order valence-corrected chi connectivity index (χ4v) is 3.39. The largest absolute Gasteiger partial charge is 0.482 e. The first-order valence-electron chi connectivity index (χ1n) is 9.58. The Morgan fingerprint density at radius 2 is 2.00 bits per heavy atom. The van der Waals surface area contributed by atoms with Crippen LogP contribution >= 0.6 is 0 Å². The SMILES string of the molecule is Cc1cc(C(=O)COC(=O)COc2ccc(C#N)cc2)c(C)n1C[C@@H]1CCCO1. The summed E-state index contributed by atoms with van der Waals surface area (Å²) in [6, 6.07) is 10.2. The number of ketones is 1. The van der Waals surface area contributed by atoms with E-state index in [1.165, 1.54) is 0 Å². The predicted molar refractivity (Wildman–Crippen MR) is 105 cm³/mol. The van der Waals surface area contributed by atoms with Gasteiger partial charge >= 0.3 is 5.97 Å². The minimum absolute atomic E-state index is 0.181. The maximum Gasteiger partial charge on any atom is 0.344 e. The molecule has 1 aliphatic rings. The number of nitrogens with zero attached hydrogens (tertiary/aromatic N) is 2. The topological polar surface area (TPSA) is 90.6 Å². The summed E-state index contributed by atoms with van der Waals surface area (Å²) < 4.78 is 18.1. The standard InChI is InChI=1S/C22H24N2O5/c1-15-10-20(16(2)24(15)12-19-4-3-9-27-19)21(25)13-29-22(26)14-28-18-7-5-17(11-23)6-8-18/h5-8,10,19H,3-4,9,12-14H2,1-2H3/t19-/m0/s1. The lowest BCUT2D eigenvalue weighted by Crippen LogP contribution is -2.20. The number of Topliss-reactive ketones (excluding diaryl/α,β-unsaturated/α-hetero) is 1. The highest BCUT2D eigenvalue weighted by molar-refractivity contribution is 5.99. The Kier molecular flexibility index (Phi) is 6.68. The lowest BCUT2D eigenvalue weighted by Gasteiger charge is -2.14. The van der Waals surface area contributed by atoms with Gasteiger partial charge in [-0.1, -0.05) is 0 Å². The minimum Gasteiger partial charge on any atom is -0.482 e. The second-order valence-corrected chi connectivity index (χ2v) is 7.04. The molecule has 0 N–H and O–H groups in total. The first-order chi connectivity index (χ1) is 14.0. The number of esters is 1. The van der Waals surface area contributed by atoms with Gasteiger partial charge in [0.1, 0.15) is 5.75 Å². The van der Waals surface area contributed by atoms with Crippen LogP contribution in [-0.4, -0.2) is 42.2 Å². The van der Waals surface area contributed by atoms with Crippen LogP contribution in [0.2, 0.25) is 0 Å². The molecule has 0 aliphatic carbocycles. The fourth-order valence-electron chi connectivity index (χ4n) is 3.39. The molecule has 1 atom stereocenters. The number of carbonyl (C=O) groups is 2. The molecule has 1 aliphatic heterocycles. The third-order valence-electron chi connectivity index (χ3n) is 4.99. The van der Waals surface area contributed by atoms with Crippen LogP contribution in [0.1, 0.15) is 40.2 Å². The number of hydrogen-bond donors (Lipinski definition) is 0. The maximum atomic E-state index is 12.5. The molecule has 7 nitrogen and oxygen atoms in total. The molecule has 29 heavy (non-hydrogen) atoms. The molecule has 1 saturated heterocycles. The van der Waals surface area contributed by atoms with Crippen molar-refractivity contribution in [3.63, 3.8) is 0 Å². The lowest BCUT2D eigenvalue weighted by molar-refractivity contribution is -0.144. The van der Waals surface area contributed by atoms with Crippen molar-refractivity contribution in [3.8, 4) is 11.8 Å². The molecule has 3 rings (SSSR count). The van der Waals surface area contributed by atoms with E-state index in [-0.39, 0.29) is 25.1 Å². The zero-order chi connectivity index (χ0) is 20.8. The van der Waals surface area contributed by atoms with Crippen LogP contribution in [0.5, 0.6) is 5.75 Å². The van der Waals surface area contributed by atoms with Gasteiger partial charge in [-0.3, -0.25) is 4.79 Å². The van der Waals surface area contributed by atoms with Crippen molar-refractivity contribution >= 4 is 11.8 Å². The van der Waals surface area contributed by atoms with Gasteiger partial charge in [-0.25, -0.2) is 4.79 Å². The van der Waals surface area contributed by atoms with Crippen LogP contribution in [0, 0.1) is 25.2 Å². The second kappa shape index (κ2) is 9.39. The van der Waals surface area contributed by atoms with Gasteiger partial charge in [0.15, 0.2) is 13.2 Å². The van der Waals surface area contributed by atoms with Gasteiger partial charge in [0.05, 0.1) is 17.7 Å². The number of hydrogen-bond acceptors (Lipinski definition) is 6. The van der Waals surface area contributed by atoms with Crippen LogP contribution in [-0.2, 0) is 20.8 Å². The number of rotatable bonds is 8. The van der Waals surface area contributed by atoms with Crippen molar-refractivity contribution in [1.82, 2.24) is 4.57 Å². The first kappa shape index (κ1) is 20.6. The van der Waals surface area contributed by atoms with E-state index in [1.54, 1.807) is 24.3 Å². The Balaban J connectivity index is 1.50. The number of aryl methyl sites for hydroxylation is 1. The monoisotopic (exact) mass is 396 g/mol. The van der Waals surface area contributed by atoms with E-state index in [2.05, 4.69) is 4.57 Å². The first-order valence-corrected chi connectivity index (χ1v) is 9.58. The highest BCUT2D eigenvalue weighted by Crippen LogP contribution is 2.21. The summed E-state index contributed by atoms with van der Waals surface area (Å²) in [6.45, 7) is 4.72. The highest BCUT2D eigenvalue weighted by Gasteiger charge is 2.21. The van der Waals surface area contributed by atoms with Crippen LogP contribution < -0.4 is 4.74 Å². The molecule has 1 aromatic heterocycles. The summed E-state index contributed by atoms with van der Waals surface area (Å²) in [7, 11) is 0. The van der Waals surface area contributed by atoms with Gasteiger partial charge in [-0.2, -0.15) is 5.26 Å². The Morgan fingerprint density at radius 3 is 2.66 bits per heavy atom. The van der Waals surface area contributed by atoms with Crippen molar-refractivity contribution in [2.24, 2.45) is 0 Å². The van der Waals surface area contributed by atoms with Crippen LogP contribution in [0.3, 0.4) is 0 Å². The molecule has 152 valence electrons. The van der Waals surface area contributed by atoms with Crippen LogP contribution in [0.15, 0.2) is 30.3 Å². The zero-order valence-corrected chi connectivity index (χ0v) is 16.6.